The number of hydrogen-bond donors (Lipinski definition) is 1. The molecule has 0 saturated carbocycles. The van der Waals surface area contributed by atoms with Gasteiger partial charge in [-0.05, 0) is 36.8 Å². The largest absolute Gasteiger partial charge is 0.351 e. The second-order valence-corrected chi connectivity index (χ2v) is 6.76. The van der Waals surface area contributed by atoms with Crippen molar-refractivity contribution >= 4 is 45.2 Å². The molecule has 17 heavy (non-hydrogen) atoms. The Kier molecular flexibility index (Phi) is 4.77. The van der Waals surface area contributed by atoms with E-state index < -0.39 is 0 Å². The molecule has 1 aliphatic heterocycles. The van der Waals surface area contributed by atoms with E-state index in [-0.39, 0.29) is 5.91 Å². The molecule has 1 unspecified atom stereocenters. The zero-order chi connectivity index (χ0) is 12.3. The van der Waals surface area contributed by atoms with Gasteiger partial charge in [-0.3, -0.25) is 4.79 Å². The van der Waals surface area contributed by atoms with Gasteiger partial charge in [-0.1, -0.05) is 27.5 Å². The summed E-state index contributed by atoms with van der Waals surface area (Å²) in [5.74, 6) is 1.16. The van der Waals surface area contributed by atoms with Crippen LogP contribution in [-0.4, -0.2) is 23.5 Å². The SMILES string of the molecule is O=C(NCC1CCCS1)c1cc(Cl)cc(Br)c1. The summed E-state index contributed by atoms with van der Waals surface area (Å²) in [5.41, 5.74) is 0.604. The van der Waals surface area contributed by atoms with Crippen molar-refractivity contribution in [2.24, 2.45) is 0 Å². The van der Waals surface area contributed by atoms with Gasteiger partial charge in [0, 0.05) is 26.9 Å². The standard InChI is InChI=1S/C12H13BrClNOS/c13-9-4-8(5-10(14)6-9)12(16)15-7-11-2-1-3-17-11/h4-6,11H,1-3,7H2,(H,15,16). The molecular formula is C12H13BrClNOS. The molecule has 0 radical (unpaired) electrons. The van der Waals surface area contributed by atoms with Gasteiger partial charge in [0.2, 0.25) is 0 Å². The molecule has 1 aliphatic rings. The van der Waals surface area contributed by atoms with Crippen LogP contribution < -0.4 is 5.32 Å². The van der Waals surface area contributed by atoms with Crippen molar-refractivity contribution in [3.05, 3.63) is 33.3 Å². The maximum Gasteiger partial charge on any atom is 0.251 e. The predicted octanol–water partition coefficient (Wildman–Crippen LogP) is 3.73. The molecule has 1 heterocycles. The number of benzene rings is 1. The normalized spacial score (nSPS) is 19.3. The predicted molar refractivity (Wildman–Crippen MR) is 77.0 cm³/mol. The Morgan fingerprint density at radius 2 is 2.35 bits per heavy atom. The minimum atomic E-state index is -0.0549. The van der Waals surface area contributed by atoms with Gasteiger partial charge >= 0.3 is 0 Å². The van der Waals surface area contributed by atoms with Crippen molar-refractivity contribution in [2.75, 3.05) is 12.3 Å². The van der Waals surface area contributed by atoms with Crippen LogP contribution >= 0.6 is 39.3 Å². The Morgan fingerprint density at radius 1 is 1.53 bits per heavy atom. The van der Waals surface area contributed by atoms with E-state index in [1.54, 1.807) is 18.2 Å². The summed E-state index contributed by atoms with van der Waals surface area (Å²) in [6, 6.07) is 5.23. The van der Waals surface area contributed by atoms with Crippen LogP contribution in [0.5, 0.6) is 0 Å². The molecule has 1 saturated heterocycles. The lowest BCUT2D eigenvalue weighted by Crippen LogP contribution is -2.29. The highest BCUT2D eigenvalue weighted by Gasteiger charge is 2.16. The van der Waals surface area contributed by atoms with Gasteiger partial charge < -0.3 is 5.32 Å². The van der Waals surface area contributed by atoms with E-state index in [0.717, 1.165) is 11.0 Å². The molecule has 1 N–H and O–H groups in total. The van der Waals surface area contributed by atoms with Crippen molar-refractivity contribution < 1.29 is 4.79 Å². The molecule has 0 aromatic heterocycles. The highest BCUT2D eigenvalue weighted by molar-refractivity contribution is 9.10. The molecule has 92 valence electrons. The third-order valence-electron chi connectivity index (χ3n) is 2.64. The van der Waals surface area contributed by atoms with Gasteiger partial charge in [-0.2, -0.15) is 11.8 Å². The first-order chi connectivity index (χ1) is 8.15. The fourth-order valence-corrected chi connectivity index (χ4v) is 3.86. The van der Waals surface area contributed by atoms with Gasteiger partial charge in [-0.25, -0.2) is 0 Å². The molecule has 1 aromatic carbocycles. The van der Waals surface area contributed by atoms with Crippen LogP contribution in [0.1, 0.15) is 23.2 Å². The number of rotatable bonds is 3. The zero-order valence-corrected chi connectivity index (χ0v) is 12.4. The van der Waals surface area contributed by atoms with Crippen molar-refractivity contribution in [2.45, 2.75) is 18.1 Å². The van der Waals surface area contributed by atoms with Crippen LogP contribution in [0.4, 0.5) is 0 Å². The summed E-state index contributed by atoms with van der Waals surface area (Å²) in [4.78, 5) is 11.9. The Labute approximate surface area is 119 Å². The Balaban J connectivity index is 1.94. The highest BCUT2D eigenvalue weighted by Crippen LogP contribution is 2.25. The van der Waals surface area contributed by atoms with E-state index in [1.165, 1.54) is 18.6 Å². The van der Waals surface area contributed by atoms with Crippen LogP contribution in [0.25, 0.3) is 0 Å². The lowest BCUT2D eigenvalue weighted by molar-refractivity contribution is 0.0953. The molecule has 0 aliphatic carbocycles. The van der Waals surface area contributed by atoms with Gasteiger partial charge in [0.25, 0.3) is 5.91 Å². The second kappa shape index (κ2) is 6.12. The maximum absolute atomic E-state index is 11.9. The average Bonchev–Trinajstić information content (AvgIpc) is 2.77. The van der Waals surface area contributed by atoms with Gasteiger partial charge in [-0.15, -0.1) is 0 Å². The highest BCUT2D eigenvalue weighted by atomic mass is 79.9. The quantitative estimate of drug-likeness (QED) is 0.912. The number of amides is 1. The van der Waals surface area contributed by atoms with E-state index in [2.05, 4.69) is 21.2 Å². The van der Waals surface area contributed by atoms with E-state index in [9.17, 15) is 4.79 Å². The van der Waals surface area contributed by atoms with Crippen molar-refractivity contribution in [1.82, 2.24) is 5.32 Å². The molecule has 0 spiro atoms. The monoisotopic (exact) mass is 333 g/mol. The number of thioether (sulfide) groups is 1. The van der Waals surface area contributed by atoms with E-state index in [1.807, 2.05) is 11.8 Å². The molecule has 1 fully saturated rings. The lowest BCUT2D eigenvalue weighted by Gasteiger charge is -2.10. The number of hydrogen-bond acceptors (Lipinski definition) is 2. The molecule has 1 amide bonds. The molecule has 2 rings (SSSR count). The van der Waals surface area contributed by atoms with Crippen LogP contribution in [0, 0.1) is 0 Å². The zero-order valence-electron chi connectivity index (χ0n) is 9.21. The number of carbonyl (C=O) groups excluding carboxylic acids is 1. The van der Waals surface area contributed by atoms with Crippen LogP contribution in [0.15, 0.2) is 22.7 Å². The Morgan fingerprint density at radius 3 is 3.00 bits per heavy atom. The van der Waals surface area contributed by atoms with E-state index >= 15 is 0 Å². The molecule has 0 bridgehead atoms. The first-order valence-electron chi connectivity index (χ1n) is 5.51. The van der Waals surface area contributed by atoms with Crippen molar-refractivity contribution in [3.63, 3.8) is 0 Å². The number of carbonyl (C=O) groups is 1. The lowest BCUT2D eigenvalue weighted by atomic mass is 10.2. The Hall–Kier alpha value is -0.190. The number of nitrogens with one attached hydrogen (secondary N) is 1. The van der Waals surface area contributed by atoms with Crippen LogP contribution in [0.2, 0.25) is 5.02 Å². The van der Waals surface area contributed by atoms with Crippen molar-refractivity contribution in [3.8, 4) is 0 Å². The first-order valence-corrected chi connectivity index (χ1v) is 7.73. The molecular weight excluding hydrogens is 322 g/mol. The smallest absolute Gasteiger partial charge is 0.251 e. The van der Waals surface area contributed by atoms with E-state index in [0.29, 0.717) is 15.8 Å². The summed E-state index contributed by atoms with van der Waals surface area (Å²) in [7, 11) is 0. The fourth-order valence-electron chi connectivity index (χ4n) is 1.80. The third-order valence-corrected chi connectivity index (χ3v) is 4.71. The third kappa shape index (κ3) is 3.90. The van der Waals surface area contributed by atoms with Crippen LogP contribution in [0.3, 0.4) is 0 Å². The van der Waals surface area contributed by atoms with Gasteiger partial charge in [0.15, 0.2) is 0 Å². The number of halogens is 2. The van der Waals surface area contributed by atoms with Crippen molar-refractivity contribution in [1.29, 1.82) is 0 Å². The molecule has 1 atom stereocenters. The second-order valence-electron chi connectivity index (χ2n) is 4.00. The summed E-state index contributed by atoms with van der Waals surface area (Å²) in [5, 5.41) is 4.10. The summed E-state index contributed by atoms with van der Waals surface area (Å²) in [6.07, 6.45) is 2.46. The minimum absolute atomic E-state index is 0.0549. The molecule has 1 aromatic rings. The maximum atomic E-state index is 11.9. The average molecular weight is 335 g/mol. The summed E-state index contributed by atoms with van der Waals surface area (Å²) < 4.78 is 0.824. The summed E-state index contributed by atoms with van der Waals surface area (Å²) >= 11 is 11.2. The van der Waals surface area contributed by atoms with Gasteiger partial charge in [0.1, 0.15) is 0 Å². The topological polar surface area (TPSA) is 29.1 Å². The fraction of sp³-hybridized carbons (Fsp3) is 0.417. The summed E-state index contributed by atoms with van der Waals surface area (Å²) in [6.45, 7) is 0.744. The van der Waals surface area contributed by atoms with Crippen LogP contribution in [-0.2, 0) is 0 Å². The Bertz CT molecular complexity index is 401. The molecule has 2 nitrogen and oxygen atoms in total. The molecule has 5 heteroatoms. The van der Waals surface area contributed by atoms with Gasteiger partial charge in [0.05, 0.1) is 0 Å². The first kappa shape index (κ1) is 13.2. The minimum Gasteiger partial charge on any atom is -0.351 e. The van der Waals surface area contributed by atoms with E-state index in [4.69, 9.17) is 11.6 Å².